The Kier molecular flexibility index (Phi) is 6.39. The minimum atomic E-state index is -1.33. The maximum atomic E-state index is 11.8. The number of nitrogens with one attached hydrogen (secondary N) is 1. The van der Waals surface area contributed by atoms with Crippen molar-refractivity contribution in [1.82, 2.24) is 0 Å². The second kappa shape index (κ2) is 10.0. The van der Waals surface area contributed by atoms with Crippen LogP contribution in [0.25, 0.3) is 0 Å². The first-order chi connectivity index (χ1) is 18.5. The number of hydrogen-bond acceptors (Lipinski definition) is 6. The lowest BCUT2D eigenvalue weighted by Crippen LogP contribution is -2.41. The van der Waals surface area contributed by atoms with E-state index in [0.29, 0.717) is 5.69 Å². The van der Waals surface area contributed by atoms with E-state index in [2.05, 4.69) is 39.4 Å². The Bertz CT molecular complexity index is 1370. The molecule has 3 aromatic rings. The van der Waals surface area contributed by atoms with Crippen LogP contribution in [0.2, 0.25) is 0 Å². The molecule has 38 heavy (non-hydrogen) atoms. The number of carboxylic acids is 1. The smallest absolute Gasteiger partial charge is 0.344 e. The van der Waals surface area contributed by atoms with Gasteiger partial charge in [-0.2, -0.15) is 0 Å². The average Bonchev–Trinajstić information content (AvgIpc) is 3.36. The molecular weight excluding hydrogens is 480 g/mol. The molecule has 6 rings (SSSR count). The number of nitro groups is 1. The predicted molar refractivity (Wildman–Crippen MR) is 148 cm³/mol. The van der Waals surface area contributed by atoms with E-state index in [4.69, 9.17) is 0 Å². The van der Waals surface area contributed by atoms with Crippen molar-refractivity contribution >= 4 is 34.4 Å². The van der Waals surface area contributed by atoms with Crippen LogP contribution >= 0.6 is 0 Å². The quantitative estimate of drug-likeness (QED) is 0.284. The van der Waals surface area contributed by atoms with Crippen molar-refractivity contribution in [2.45, 2.75) is 45.2 Å². The van der Waals surface area contributed by atoms with E-state index >= 15 is 0 Å². The molecule has 1 saturated carbocycles. The van der Waals surface area contributed by atoms with Crippen molar-refractivity contribution in [3.05, 3.63) is 87.5 Å². The van der Waals surface area contributed by atoms with E-state index in [-0.39, 0.29) is 11.3 Å². The van der Waals surface area contributed by atoms with Gasteiger partial charge in [0.05, 0.1) is 10.6 Å². The van der Waals surface area contributed by atoms with Gasteiger partial charge in [0.15, 0.2) is 5.56 Å². The molecule has 2 unspecified atom stereocenters. The highest BCUT2D eigenvalue weighted by molar-refractivity contribution is 5.99. The fourth-order valence-corrected chi connectivity index (χ4v) is 6.54. The van der Waals surface area contributed by atoms with Gasteiger partial charge in [-0.3, -0.25) is 10.1 Å². The van der Waals surface area contributed by atoms with Gasteiger partial charge in [-0.05, 0) is 78.3 Å². The molecule has 0 spiro atoms. The minimum Gasteiger partial charge on any atom is -0.477 e. The molecule has 0 radical (unpaired) electrons. The molecule has 2 aliphatic heterocycles. The Labute approximate surface area is 222 Å². The number of nitro benzene ring substituents is 1. The molecule has 196 valence electrons. The SMILES string of the molecule is O=C(O)c1c(Nc2ccc3c(c2)CN(c2ccc(N4CCC5CCCCC5C4)cc2)C3)cccc1[N+](=O)[O-]. The molecular formula is C30H32N4O4. The summed E-state index contributed by atoms with van der Waals surface area (Å²) in [7, 11) is 0. The Balaban J connectivity index is 1.14. The molecule has 2 atom stereocenters. The predicted octanol–water partition coefficient (Wildman–Crippen LogP) is 6.57. The molecule has 2 N–H and O–H groups in total. The molecule has 8 nitrogen and oxygen atoms in total. The van der Waals surface area contributed by atoms with E-state index in [9.17, 15) is 20.0 Å². The van der Waals surface area contributed by atoms with Gasteiger partial charge in [0, 0.05) is 49.3 Å². The summed E-state index contributed by atoms with van der Waals surface area (Å²) >= 11 is 0. The van der Waals surface area contributed by atoms with E-state index in [1.807, 2.05) is 18.2 Å². The van der Waals surface area contributed by atoms with Gasteiger partial charge >= 0.3 is 5.97 Å². The first-order valence-corrected chi connectivity index (χ1v) is 13.5. The Morgan fingerprint density at radius 1 is 0.895 bits per heavy atom. The third-order valence-electron chi connectivity index (χ3n) is 8.53. The lowest BCUT2D eigenvalue weighted by atomic mass is 9.75. The summed E-state index contributed by atoms with van der Waals surface area (Å²) in [5.74, 6) is 0.440. The van der Waals surface area contributed by atoms with Crippen LogP contribution in [0.4, 0.5) is 28.4 Å². The zero-order valence-corrected chi connectivity index (χ0v) is 21.3. The molecule has 3 aliphatic rings. The van der Waals surface area contributed by atoms with Gasteiger partial charge in [0.1, 0.15) is 0 Å². The van der Waals surface area contributed by atoms with Gasteiger partial charge in [0.2, 0.25) is 0 Å². The first kappa shape index (κ1) is 24.3. The number of carbonyl (C=O) groups is 1. The van der Waals surface area contributed by atoms with Crippen LogP contribution in [0, 0.1) is 22.0 Å². The fraction of sp³-hybridized carbons (Fsp3) is 0.367. The van der Waals surface area contributed by atoms with Crippen molar-refractivity contribution in [3.8, 4) is 0 Å². The number of piperidine rings is 1. The highest BCUT2D eigenvalue weighted by Crippen LogP contribution is 2.38. The van der Waals surface area contributed by atoms with Gasteiger partial charge in [-0.15, -0.1) is 0 Å². The number of carboxylic acid groups (broad SMARTS) is 1. The molecule has 0 amide bonds. The van der Waals surface area contributed by atoms with Crippen molar-refractivity contribution in [2.75, 3.05) is 28.2 Å². The number of anilines is 4. The largest absolute Gasteiger partial charge is 0.477 e. The third kappa shape index (κ3) is 4.66. The number of rotatable bonds is 6. The molecule has 8 heteroatoms. The topological polar surface area (TPSA) is 99.0 Å². The average molecular weight is 513 g/mol. The van der Waals surface area contributed by atoms with Crippen LogP contribution in [-0.4, -0.2) is 29.1 Å². The summed E-state index contributed by atoms with van der Waals surface area (Å²) in [5.41, 5.74) is 5.00. The number of nitrogens with zero attached hydrogens (tertiary/aromatic N) is 3. The van der Waals surface area contributed by atoms with Crippen molar-refractivity contribution < 1.29 is 14.8 Å². The van der Waals surface area contributed by atoms with E-state index in [1.54, 1.807) is 6.07 Å². The summed E-state index contributed by atoms with van der Waals surface area (Å²) in [6.07, 6.45) is 6.89. The van der Waals surface area contributed by atoms with Gasteiger partial charge in [-0.1, -0.05) is 31.4 Å². The van der Waals surface area contributed by atoms with E-state index in [0.717, 1.165) is 37.0 Å². The summed E-state index contributed by atoms with van der Waals surface area (Å²) in [5, 5.41) is 24.0. The zero-order chi connectivity index (χ0) is 26.2. The summed E-state index contributed by atoms with van der Waals surface area (Å²) < 4.78 is 0. The monoisotopic (exact) mass is 512 g/mol. The highest BCUT2D eigenvalue weighted by atomic mass is 16.6. The third-order valence-corrected chi connectivity index (χ3v) is 8.53. The summed E-state index contributed by atoms with van der Waals surface area (Å²) in [6, 6.07) is 19.1. The van der Waals surface area contributed by atoms with E-state index < -0.39 is 16.6 Å². The van der Waals surface area contributed by atoms with Crippen LogP contribution in [0.1, 0.15) is 53.6 Å². The molecule has 0 bridgehead atoms. The number of aromatic carboxylic acids is 1. The summed E-state index contributed by atoms with van der Waals surface area (Å²) in [4.78, 5) is 27.3. The summed E-state index contributed by atoms with van der Waals surface area (Å²) in [6.45, 7) is 3.89. The minimum absolute atomic E-state index is 0.203. The lowest BCUT2D eigenvalue weighted by Gasteiger charge is -2.42. The van der Waals surface area contributed by atoms with Crippen molar-refractivity contribution in [2.24, 2.45) is 11.8 Å². The van der Waals surface area contributed by atoms with Crippen molar-refractivity contribution in [3.63, 3.8) is 0 Å². The highest BCUT2D eigenvalue weighted by Gasteiger charge is 2.31. The van der Waals surface area contributed by atoms with Crippen LogP contribution in [-0.2, 0) is 13.1 Å². The second-order valence-electron chi connectivity index (χ2n) is 10.8. The maximum absolute atomic E-state index is 11.8. The maximum Gasteiger partial charge on any atom is 0.344 e. The first-order valence-electron chi connectivity index (χ1n) is 13.5. The zero-order valence-electron chi connectivity index (χ0n) is 21.3. The fourth-order valence-electron chi connectivity index (χ4n) is 6.54. The standard InChI is InChI=1S/C30H32N4O4/c35-30(36)29-27(6-3-7-28(29)34(37)38)31-24-9-8-22-18-33(19-23(22)16-24)26-12-10-25(11-13-26)32-15-14-20-4-1-2-5-21(20)17-32/h3,6-13,16,20-21,31H,1-2,4-5,14-15,17-19H2,(H,35,36). The number of benzene rings is 3. The van der Waals surface area contributed by atoms with Gasteiger partial charge in [-0.25, -0.2) is 4.79 Å². The van der Waals surface area contributed by atoms with Crippen LogP contribution in [0.15, 0.2) is 60.7 Å². The molecule has 3 aromatic carbocycles. The van der Waals surface area contributed by atoms with Crippen LogP contribution < -0.4 is 15.1 Å². The molecule has 0 aromatic heterocycles. The van der Waals surface area contributed by atoms with Crippen LogP contribution in [0.3, 0.4) is 0 Å². The molecule has 2 fully saturated rings. The van der Waals surface area contributed by atoms with E-state index in [1.165, 1.54) is 67.7 Å². The molecule has 1 saturated heterocycles. The lowest BCUT2D eigenvalue weighted by molar-refractivity contribution is -0.385. The Hall–Kier alpha value is -4.07. The normalized spacial score (nSPS) is 20.5. The van der Waals surface area contributed by atoms with Crippen LogP contribution in [0.5, 0.6) is 0 Å². The molecule has 1 aliphatic carbocycles. The second-order valence-corrected chi connectivity index (χ2v) is 10.8. The van der Waals surface area contributed by atoms with Gasteiger partial charge in [0.25, 0.3) is 5.69 Å². The Morgan fingerprint density at radius 3 is 2.34 bits per heavy atom. The van der Waals surface area contributed by atoms with Crippen molar-refractivity contribution in [1.29, 1.82) is 0 Å². The number of hydrogen-bond donors (Lipinski definition) is 2. The number of fused-ring (bicyclic) bond motifs is 2. The van der Waals surface area contributed by atoms with Gasteiger partial charge < -0.3 is 20.2 Å². The molecule has 2 heterocycles. The Morgan fingerprint density at radius 2 is 1.61 bits per heavy atom.